The van der Waals surface area contributed by atoms with Gasteiger partial charge in [-0.1, -0.05) is 11.8 Å². The number of nitrogens with zero attached hydrogens (tertiary/aromatic N) is 2. The van der Waals surface area contributed by atoms with E-state index in [9.17, 15) is 4.79 Å². The highest BCUT2D eigenvalue weighted by Gasteiger charge is 2.29. The van der Waals surface area contributed by atoms with E-state index in [-0.39, 0.29) is 11.9 Å². The van der Waals surface area contributed by atoms with Gasteiger partial charge >= 0.3 is 0 Å². The van der Waals surface area contributed by atoms with Gasteiger partial charge in [0.05, 0.1) is 18.6 Å². The highest BCUT2D eigenvalue weighted by Crippen LogP contribution is 2.28. The van der Waals surface area contributed by atoms with Crippen LogP contribution >= 0.6 is 11.8 Å². The molecule has 0 bridgehead atoms. The van der Waals surface area contributed by atoms with Crippen LogP contribution in [0.4, 0.5) is 5.69 Å². The number of amides is 1. The van der Waals surface area contributed by atoms with Crippen LogP contribution in [0.1, 0.15) is 13.8 Å². The van der Waals surface area contributed by atoms with Crippen LogP contribution in [0.2, 0.25) is 0 Å². The fourth-order valence-corrected chi connectivity index (χ4v) is 2.67. The minimum atomic E-state index is 0.0737. The Hall–Kier alpha value is -1.49. The molecule has 1 amide bonds. The number of carbonyl (C=O) groups excluding carboxylic acids is 1. The summed E-state index contributed by atoms with van der Waals surface area (Å²) in [6.45, 7) is 4.01. The Morgan fingerprint density at radius 3 is 2.56 bits per heavy atom. The van der Waals surface area contributed by atoms with Crippen LogP contribution in [-0.2, 0) is 4.79 Å². The fourth-order valence-electron chi connectivity index (χ4n) is 1.66. The summed E-state index contributed by atoms with van der Waals surface area (Å²) in [4.78, 5) is 18.1. The van der Waals surface area contributed by atoms with Crippen LogP contribution in [0.15, 0.2) is 29.3 Å². The normalized spacial score (nSPS) is 17.9. The minimum absolute atomic E-state index is 0.0737. The molecule has 1 fully saturated rings. The standard InChI is InChI=1S/C13H16N2O2S/c1-9(2)14-13-15(12(16)8-18-13)10-4-6-11(17-3)7-5-10/h4-7,9H,8H2,1-3H3/b14-13-. The molecule has 4 nitrogen and oxygen atoms in total. The van der Waals surface area contributed by atoms with Gasteiger partial charge in [-0.05, 0) is 38.1 Å². The van der Waals surface area contributed by atoms with Crippen LogP contribution in [0.3, 0.4) is 0 Å². The Morgan fingerprint density at radius 1 is 1.33 bits per heavy atom. The number of anilines is 1. The number of rotatable bonds is 3. The lowest BCUT2D eigenvalue weighted by atomic mass is 10.3. The van der Waals surface area contributed by atoms with E-state index in [0.29, 0.717) is 5.75 Å². The lowest BCUT2D eigenvalue weighted by molar-refractivity contribution is -0.115. The average Bonchev–Trinajstić information content (AvgIpc) is 2.70. The Kier molecular flexibility index (Phi) is 3.91. The highest BCUT2D eigenvalue weighted by molar-refractivity contribution is 8.15. The van der Waals surface area contributed by atoms with E-state index in [1.165, 1.54) is 11.8 Å². The molecule has 2 rings (SSSR count). The first-order chi connectivity index (χ1) is 8.61. The van der Waals surface area contributed by atoms with E-state index in [0.717, 1.165) is 16.6 Å². The molecular weight excluding hydrogens is 248 g/mol. The highest BCUT2D eigenvalue weighted by atomic mass is 32.2. The van der Waals surface area contributed by atoms with Crippen molar-refractivity contribution in [3.8, 4) is 5.75 Å². The molecule has 1 heterocycles. The maximum Gasteiger partial charge on any atom is 0.243 e. The number of thioether (sulfide) groups is 1. The van der Waals surface area contributed by atoms with E-state index in [1.807, 2.05) is 38.1 Å². The Morgan fingerprint density at radius 2 is 2.00 bits per heavy atom. The number of aliphatic imine (C=N–C) groups is 1. The third kappa shape index (κ3) is 2.67. The van der Waals surface area contributed by atoms with Gasteiger partial charge in [0.15, 0.2) is 5.17 Å². The summed E-state index contributed by atoms with van der Waals surface area (Å²) in [6, 6.07) is 7.62. The molecule has 1 aromatic carbocycles. The molecule has 96 valence electrons. The topological polar surface area (TPSA) is 41.9 Å². The number of benzene rings is 1. The van der Waals surface area contributed by atoms with Crippen molar-refractivity contribution in [1.29, 1.82) is 0 Å². The molecule has 0 unspecified atom stereocenters. The SMILES string of the molecule is COc1ccc(N2C(=O)CS/C2=N\C(C)C)cc1. The Labute approximate surface area is 111 Å². The zero-order valence-corrected chi connectivity index (χ0v) is 11.5. The van der Waals surface area contributed by atoms with Crippen LogP contribution in [0, 0.1) is 0 Å². The number of methoxy groups -OCH3 is 1. The Balaban J connectivity index is 2.30. The second-order valence-corrected chi connectivity index (χ2v) is 5.16. The largest absolute Gasteiger partial charge is 0.497 e. The van der Waals surface area contributed by atoms with Crippen molar-refractivity contribution in [3.63, 3.8) is 0 Å². The second-order valence-electron chi connectivity index (χ2n) is 4.22. The number of amidine groups is 1. The van der Waals surface area contributed by atoms with Crippen molar-refractivity contribution in [2.24, 2.45) is 4.99 Å². The van der Waals surface area contributed by atoms with Crippen molar-refractivity contribution in [2.75, 3.05) is 17.8 Å². The number of ether oxygens (including phenoxy) is 1. The molecule has 0 saturated carbocycles. The lowest BCUT2D eigenvalue weighted by Crippen LogP contribution is -2.29. The molecule has 0 radical (unpaired) electrons. The molecule has 1 aromatic rings. The molecule has 0 N–H and O–H groups in total. The quantitative estimate of drug-likeness (QED) is 0.842. The van der Waals surface area contributed by atoms with E-state index >= 15 is 0 Å². The summed E-state index contributed by atoms with van der Waals surface area (Å²) in [7, 11) is 1.62. The van der Waals surface area contributed by atoms with Crippen molar-refractivity contribution < 1.29 is 9.53 Å². The van der Waals surface area contributed by atoms with Gasteiger partial charge in [-0.2, -0.15) is 0 Å². The smallest absolute Gasteiger partial charge is 0.243 e. The van der Waals surface area contributed by atoms with Gasteiger partial charge in [-0.15, -0.1) is 0 Å². The summed E-state index contributed by atoms with van der Waals surface area (Å²) < 4.78 is 5.11. The second kappa shape index (κ2) is 5.44. The van der Waals surface area contributed by atoms with E-state index in [2.05, 4.69) is 4.99 Å². The molecule has 1 aliphatic heterocycles. The van der Waals surface area contributed by atoms with E-state index < -0.39 is 0 Å². The predicted octanol–water partition coefficient (Wildman–Crippen LogP) is 2.54. The van der Waals surface area contributed by atoms with Gasteiger partial charge in [-0.25, -0.2) is 0 Å². The van der Waals surface area contributed by atoms with Gasteiger partial charge in [-0.3, -0.25) is 14.7 Å². The summed E-state index contributed by atoms with van der Waals surface area (Å²) in [6.07, 6.45) is 0. The summed E-state index contributed by atoms with van der Waals surface area (Å²) >= 11 is 1.49. The van der Waals surface area contributed by atoms with Crippen LogP contribution in [0.25, 0.3) is 0 Å². The molecular formula is C13H16N2O2S. The number of hydrogen-bond donors (Lipinski definition) is 0. The van der Waals surface area contributed by atoms with Crippen molar-refractivity contribution in [2.45, 2.75) is 19.9 Å². The minimum Gasteiger partial charge on any atom is -0.497 e. The van der Waals surface area contributed by atoms with Crippen molar-refractivity contribution >= 4 is 28.5 Å². The van der Waals surface area contributed by atoms with E-state index in [4.69, 9.17) is 4.74 Å². The zero-order chi connectivity index (χ0) is 13.1. The number of carbonyl (C=O) groups is 1. The van der Waals surface area contributed by atoms with Gasteiger partial charge in [0.25, 0.3) is 0 Å². The molecule has 1 saturated heterocycles. The molecule has 0 spiro atoms. The Bertz CT molecular complexity index is 468. The van der Waals surface area contributed by atoms with Gasteiger partial charge in [0.2, 0.25) is 5.91 Å². The maximum atomic E-state index is 11.9. The molecule has 0 atom stereocenters. The van der Waals surface area contributed by atoms with Gasteiger partial charge in [0.1, 0.15) is 5.75 Å². The third-order valence-corrected chi connectivity index (χ3v) is 3.40. The molecule has 18 heavy (non-hydrogen) atoms. The first-order valence-electron chi connectivity index (χ1n) is 5.79. The molecule has 0 aliphatic carbocycles. The maximum absolute atomic E-state index is 11.9. The van der Waals surface area contributed by atoms with Crippen molar-refractivity contribution in [1.82, 2.24) is 0 Å². The third-order valence-electron chi connectivity index (χ3n) is 2.46. The van der Waals surface area contributed by atoms with Crippen LogP contribution < -0.4 is 9.64 Å². The van der Waals surface area contributed by atoms with Gasteiger partial charge < -0.3 is 4.74 Å². The molecule has 5 heteroatoms. The number of hydrogen-bond acceptors (Lipinski definition) is 4. The molecule has 0 aromatic heterocycles. The molecule has 1 aliphatic rings. The monoisotopic (exact) mass is 264 g/mol. The van der Waals surface area contributed by atoms with E-state index in [1.54, 1.807) is 12.0 Å². The summed E-state index contributed by atoms with van der Waals surface area (Å²) in [5, 5.41) is 0.778. The summed E-state index contributed by atoms with van der Waals surface area (Å²) in [5.41, 5.74) is 0.838. The average molecular weight is 264 g/mol. The summed E-state index contributed by atoms with van der Waals surface area (Å²) in [5.74, 6) is 1.31. The lowest BCUT2D eigenvalue weighted by Gasteiger charge is -2.17. The van der Waals surface area contributed by atoms with Crippen LogP contribution in [0.5, 0.6) is 5.75 Å². The van der Waals surface area contributed by atoms with Gasteiger partial charge in [0, 0.05) is 6.04 Å². The van der Waals surface area contributed by atoms with Crippen LogP contribution in [-0.4, -0.2) is 30.0 Å². The first kappa shape index (κ1) is 13.0. The zero-order valence-electron chi connectivity index (χ0n) is 10.7. The first-order valence-corrected chi connectivity index (χ1v) is 6.78. The fraction of sp³-hybridized carbons (Fsp3) is 0.385. The van der Waals surface area contributed by atoms with Crippen molar-refractivity contribution in [3.05, 3.63) is 24.3 Å². The predicted molar refractivity (Wildman–Crippen MR) is 75.5 cm³/mol.